The first kappa shape index (κ1) is 11.9. The van der Waals surface area contributed by atoms with Crippen LogP contribution in [0.15, 0.2) is 10.1 Å². The van der Waals surface area contributed by atoms with E-state index in [1.807, 2.05) is 19.0 Å². The first-order valence-corrected chi connectivity index (χ1v) is 4.47. The molecule has 0 aliphatic rings. The molecule has 4 nitrogen and oxygen atoms in total. The van der Waals surface area contributed by atoms with Crippen molar-refractivity contribution >= 4 is 12.1 Å². The van der Waals surface area contributed by atoms with E-state index in [1.165, 1.54) is 6.21 Å². The highest BCUT2D eigenvalue weighted by atomic mass is 16.4. The number of aliphatic imine (C=N–C) groups is 1. The number of oxime groups is 1. The molecule has 0 aromatic carbocycles. The van der Waals surface area contributed by atoms with Crippen LogP contribution in [0.4, 0.5) is 0 Å². The molecular formula is C9H19N3O. The molecule has 0 aromatic rings. The summed E-state index contributed by atoms with van der Waals surface area (Å²) in [5.41, 5.74) is 0. The number of amidine groups is 1. The molecule has 0 saturated carbocycles. The van der Waals surface area contributed by atoms with Crippen LogP contribution in [0.3, 0.4) is 0 Å². The van der Waals surface area contributed by atoms with Crippen molar-refractivity contribution in [3.8, 4) is 0 Å². The Bertz CT molecular complexity index is 185. The first-order chi connectivity index (χ1) is 6.07. The second-order valence-corrected chi connectivity index (χ2v) is 3.56. The van der Waals surface area contributed by atoms with Gasteiger partial charge in [0.1, 0.15) is 12.1 Å². The lowest BCUT2D eigenvalue weighted by atomic mass is 10.1. The van der Waals surface area contributed by atoms with Gasteiger partial charge in [-0.25, -0.2) is 0 Å². The van der Waals surface area contributed by atoms with Crippen LogP contribution in [-0.2, 0) is 0 Å². The van der Waals surface area contributed by atoms with E-state index in [0.29, 0.717) is 11.8 Å². The molecule has 0 atom stereocenters. The molecule has 0 saturated heterocycles. The molecule has 0 aliphatic carbocycles. The van der Waals surface area contributed by atoms with Gasteiger partial charge in [0.05, 0.1) is 0 Å². The molecule has 4 heteroatoms. The highest BCUT2D eigenvalue weighted by Crippen LogP contribution is 1.98. The van der Waals surface area contributed by atoms with Gasteiger partial charge in [-0.2, -0.15) is 0 Å². The maximum Gasteiger partial charge on any atom is 0.145 e. The number of rotatable bonds is 4. The van der Waals surface area contributed by atoms with E-state index < -0.39 is 0 Å². The lowest BCUT2D eigenvalue weighted by Crippen LogP contribution is -2.23. The molecule has 0 spiro atoms. The highest BCUT2D eigenvalue weighted by Gasteiger charge is 1.98. The van der Waals surface area contributed by atoms with Crippen LogP contribution in [0, 0.1) is 5.92 Å². The lowest BCUT2D eigenvalue weighted by molar-refractivity contribution is 0.322. The van der Waals surface area contributed by atoms with Gasteiger partial charge in [-0.3, -0.25) is 4.99 Å². The van der Waals surface area contributed by atoms with Gasteiger partial charge < -0.3 is 10.1 Å². The summed E-state index contributed by atoms with van der Waals surface area (Å²) in [6.45, 7) is 5.09. The van der Waals surface area contributed by atoms with Gasteiger partial charge in [-0.05, 0) is 12.3 Å². The quantitative estimate of drug-likeness (QED) is 0.312. The second-order valence-electron chi connectivity index (χ2n) is 3.56. The first-order valence-electron chi connectivity index (χ1n) is 4.47. The second kappa shape index (κ2) is 6.46. The predicted molar refractivity (Wildman–Crippen MR) is 55.7 cm³/mol. The predicted octanol–water partition coefficient (Wildman–Crippen LogP) is 1.45. The summed E-state index contributed by atoms with van der Waals surface area (Å²) >= 11 is 0. The standard InChI is InChI=1S/C9H19N3O/c1-8(2)5-6-10-9(7-11-13)12(3)4/h7-8,13H,5-6H2,1-4H3/b10-9?,11-7+. The molecule has 0 aliphatic heterocycles. The van der Waals surface area contributed by atoms with Crippen LogP contribution >= 0.6 is 0 Å². The zero-order chi connectivity index (χ0) is 10.3. The Morgan fingerprint density at radius 1 is 1.46 bits per heavy atom. The summed E-state index contributed by atoms with van der Waals surface area (Å²) in [7, 11) is 3.74. The van der Waals surface area contributed by atoms with E-state index in [0.717, 1.165) is 13.0 Å². The zero-order valence-electron chi connectivity index (χ0n) is 8.86. The van der Waals surface area contributed by atoms with Crippen LogP contribution < -0.4 is 0 Å². The van der Waals surface area contributed by atoms with Crippen LogP contribution in [-0.4, -0.2) is 42.8 Å². The highest BCUT2D eigenvalue weighted by molar-refractivity contribution is 6.28. The smallest absolute Gasteiger partial charge is 0.145 e. The molecule has 0 amide bonds. The zero-order valence-corrected chi connectivity index (χ0v) is 8.86. The summed E-state index contributed by atoms with van der Waals surface area (Å²) in [5.74, 6) is 1.35. The van der Waals surface area contributed by atoms with Crippen LogP contribution in [0.5, 0.6) is 0 Å². The third-order valence-electron chi connectivity index (χ3n) is 1.61. The Hall–Kier alpha value is -1.06. The molecule has 0 heterocycles. The third kappa shape index (κ3) is 6.13. The minimum Gasteiger partial charge on any atom is -0.411 e. The van der Waals surface area contributed by atoms with Crippen molar-refractivity contribution in [3.05, 3.63) is 0 Å². The van der Waals surface area contributed by atoms with Crippen molar-refractivity contribution < 1.29 is 5.21 Å². The van der Waals surface area contributed by atoms with Gasteiger partial charge in [0, 0.05) is 20.6 Å². The van der Waals surface area contributed by atoms with Gasteiger partial charge >= 0.3 is 0 Å². The normalized spacial score (nSPS) is 12.8. The Balaban J connectivity index is 4.04. The van der Waals surface area contributed by atoms with Crippen molar-refractivity contribution in [1.82, 2.24) is 4.90 Å². The van der Waals surface area contributed by atoms with E-state index in [2.05, 4.69) is 24.0 Å². The fraction of sp³-hybridized carbons (Fsp3) is 0.778. The van der Waals surface area contributed by atoms with Gasteiger partial charge in [0.2, 0.25) is 0 Å². The minimum absolute atomic E-state index is 0.651. The molecule has 1 N–H and O–H groups in total. The molecular weight excluding hydrogens is 166 g/mol. The van der Waals surface area contributed by atoms with Gasteiger partial charge in [-0.15, -0.1) is 0 Å². The fourth-order valence-corrected chi connectivity index (χ4v) is 0.787. The van der Waals surface area contributed by atoms with Crippen molar-refractivity contribution in [2.75, 3.05) is 20.6 Å². The molecule has 76 valence electrons. The Kier molecular flexibility index (Phi) is 5.93. The Morgan fingerprint density at radius 2 is 2.08 bits per heavy atom. The maximum absolute atomic E-state index is 8.36. The molecule has 0 radical (unpaired) electrons. The van der Waals surface area contributed by atoms with E-state index in [4.69, 9.17) is 5.21 Å². The molecule has 0 rings (SSSR count). The minimum atomic E-state index is 0.651. The summed E-state index contributed by atoms with van der Waals surface area (Å²) in [4.78, 5) is 6.11. The SMILES string of the molecule is CC(C)CCN=C(/C=N/O)N(C)C. The van der Waals surface area contributed by atoms with Gasteiger partial charge in [0.25, 0.3) is 0 Å². The summed E-state index contributed by atoms with van der Waals surface area (Å²) in [6, 6.07) is 0. The largest absolute Gasteiger partial charge is 0.411 e. The Morgan fingerprint density at radius 3 is 2.46 bits per heavy atom. The van der Waals surface area contributed by atoms with Gasteiger partial charge in [-0.1, -0.05) is 19.0 Å². The van der Waals surface area contributed by atoms with Crippen molar-refractivity contribution in [1.29, 1.82) is 0 Å². The Labute approximate surface area is 80.0 Å². The van der Waals surface area contributed by atoms with E-state index in [1.54, 1.807) is 0 Å². The van der Waals surface area contributed by atoms with Crippen LogP contribution in [0.1, 0.15) is 20.3 Å². The van der Waals surface area contributed by atoms with E-state index in [9.17, 15) is 0 Å². The van der Waals surface area contributed by atoms with E-state index in [-0.39, 0.29) is 0 Å². The molecule has 0 unspecified atom stereocenters. The summed E-state index contributed by atoms with van der Waals surface area (Å²) in [5, 5.41) is 11.3. The third-order valence-corrected chi connectivity index (χ3v) is 1.61. The molecule has 0 bridgehead atoms. The average Bonchev–Trinajstić information content (AvgIpc) is 2.02. The summed E-state index contributed by atoms with van der Waals surface area (Å²) in [6.07, 6.45) is 2.40. The average molecular weight is 185 g/mol. The number of hydrogen-bond acceptors (Lipinski definition) is 3. The van der Waals surface area contributed by atoms with Crippen molar-refractivity contribution in [3.63, 3.8) is 0 Å². The fourth-order valence-electron chi connectivity index (χ4n) is 0.787. The lowest BCUT2D eigenvalue weighted by Gasteiger charge is -2.11. The maximum atomic E-state index is 8.36. The molecule has 0 fully saturated rings. The summed E-state index contributed by atoms with van der Waals surface area (Å²) < 4.78 is 0. The topological polar surface area (TPSA) is 48.2 Å². The number of nitrogens with zero attached hydrogens (tertiary/aromatic N) is 3. The molecule has 13 heavy (non-hydrogen) atoms. The number of hydrogen-bond donors (Lipinski definition) is 1. The van der Waals surface area contributed by atoms with Crippen molar-refractivity contribution in [2.24, 2.45) is 16.1 Å². The van der Waals surface area contributed by atoms with E-state index >= 15 is 0 Å². The molecule has 0 aromatic heterocycles. The van der Waals surface area contributed by atoms with Crippen LogP contribution in [0.2, 0.25) is 0 Å². The van der Waals surface area contributed by atoms with Crippen LogP contribution in [0.25, 0.3) is 0 Å². The monoisotopic (exact) mass is 185 g/mol. The van der Waals surface area contributed by atoms with Gasteiger partial charge in [0.15, 0.2) is 0 Å². The van der Waals surface area contributed by atoms with Crippen molar-refractivity contribution in [2.45, 2.75) is 20.3 Å².